The van der Waals surface area contributed by atoms with E-state index in [0.29, 0.717) is 18.4 Å². The first-order valence-electron chi connectivity index (χ1n) is 9.84. The monoisotopic (exact) mass is 331 g/mol. The van der Waals surface area contributed by atoms with Gasteiger partial charge in [-0.05, 0) is 62.6 Å². The standard InChI is InChI=1S/C21H33NO2/c1-2-20(17-12-14-22-15-13-17)24-16-21(23,19-10-6-7-11-19)18-8-4-3-5-9-18/h3-5,8-9,17,19-20,22-23H,2,6-7,10-16H2,1H3/t20-,21+/m1/s1. The number of rotatable bonds is 7. The molecule has 1 heterocycles. The number of piperidine rings is 1. The zero-order valence-corrected chi connectivity index (χ0v) is 15.0. The molecule has 134 valence electrons. The fourth-order valence-corrected chi connectivity index (χ4v) is 4.60. The van der Waals surface area contributed by atoms with Gasteiger partial charge in [0, 0.05) is 0 Å². The second-order valence-electron chi connectivity index (χ2n) is 7.62. The molecule has 1 aliphatic carbocycles. The molecule has 1 saturated carbocycles. The minimum Gasteiger partial charge on any atom is -0.382 e. The van der Waals surface area contributed by atoms with Crippen molar-refractivity contribution in [2.75, 3.05) is 19.7 Å². The molecule has 0 aromatic heterocycles. The molecule has 0 spiro atoms. The average Bonchev–Trinajstić information content (AvgIpc) is 3.19. The lowest BCUT2D eigenvalue weighted by Gasteiger charge is -2.38. The van der Waals surface area contributed by atoms with Gasteiger partial charge in [-0.15, -0.1) is 0 Å². The maximum absolute atomic E-state index is 11.6. The molecule has 0 amide bonds. The molecule has 2 N–H and O–H groups in total. The molecule has 0 radical (unpaired) electrons. The van der Waals surface area contributed by atoms with Crippen molar-refractivity contribution in [3.05, 3.63) is 35.9 Å². The molecule has 1 saturated heterocycles. The molecule has 3 heteroatoms. The molecule has 0 bridgehead atoms. The van der Waals surface area contributed by atoms with E-state index in [-0.39, 0.29) is 6.10 Å². The highest BCUT2D eigenvalue weighted by atomic mass is 16.5. The van der Waals surface area contributed by atoms with Gasteiger partial charge in [-0.25, -0.2) is 0 Å². The molecule has 2 fully saturated rings. The maximum atomic E-state index is 11.6. The molecule has 3 nitrogen and oxygen atoms in total. The summed E-state index contributed by atoms with van der Waals surface area (Å²) < 4.78 is 6.38. The topological polar surface area (TPSA) is 41.5 Å². The smallest absolute Gasteiger partial charge is 0.116 e. The summed E-state index contributed by atoms with van der Waals surface area (Å²) >= 11 is 0. The first-order chi connectivity index (χ1) is 11.7. The number of hydrogen-bond donors (Lipinski definition) is 2. The zero-order chi connectivity index (χ0) is 16.8. The fourth-order valence-electron chi connectivity index (χ4n) is 4.60. The Morgan fingerprint density at radius 2 is 1.79 bits per heavy atom. The second kappa shape index (κ2) is 8.46. The van der Waals surface area contributed by atoms with Crippen molar-refractivity contribution in [1.82, 2.24) is 5.32 Å². The molecule has 2 aliphatic rings. The van der Waals surface area contributed by atoms with E-state index in [2.05, 4.69) is 24.4 Å². The van der Waals surface area contributed by atoms with Crippen LogP contribution in [0.5, 0.6) is 0 Å². The van der Waals surface area contributed by atoms with Gasteiger partial charge in [-0.2, -0.15) is 0 Å². The van der Waals surface area contributed by atoms with E-state index in [9.17, 15) is 5.11 Å². The van der Waals surface area contributed by atoms with Crippen molar-refractivity contribution in [3.63, 3.8) is 0 Å². The van der Waals surface area contributed by atoms with Crippen LogP contribution in [0.1, 0.15) is 57.4 Å². The Morgan fingerprint density at radius 1 is 1.12 bits per heavy atom. The van der Waals surface area contributed by atoms with Crippen LogP contribution in [0.3, 0.4) is 0 Å². The van der Waals surface area contributed by atoms with E-state index in [1.165, 1.54) is 25.7 Å². The molecule has 2 atom stereocenters. The van der Waals surface area contributed by atoms with E-state index in [4.69, 9.17) is 4.74 Å². The van der Waals surface area contributed by atoms with Crippen LogP contribution in [0.2, 0.25) is 0 Å². The Balaban J connectivity index is 1.71. The van der Waals surface area contributed by atoms with Crippen molar-refractivity contribution in [1.29, 1.82) is 0 Å². The van der Waals surface area contributed by atoms with E-state index in [1.807, 2.05) is 18.2 Å². The molecule has 24 heavy (non-hydrogen) atoms. The van der Waals surface area contributed by atoms with Gasteiger partial charge in [-0.1, -0.05) is 50.1 Å². The summed E-state index contributed by atoms with van der Waals surface area (Å²) in [6, 6.07) is 10.2. The predicted molar refractivity (Wildman–Crippen MR) is 97.9 cm³/mol. The van der Waals surface area contributed by atoms with E-state index in [0.717, 1.165) is 37.9 Å². The highest BCUT2D eigenvalue weighted by Crippen LogP contribution is 2.41. The molecular weight excluding hydrogens is 298 g/mol. The fraction of sp³-hybridized carbons (Fsp3) is 0.714. The van der Waals surface area contributed by atoms with Crippen molar-refractivity contribution >= 4 is 0 Å². The summed E-state index contributed by atoms with van der Waals surface area (Å²) in [6.07, 6.45) is 8.34. The highest BCUT2D eigenvalue weighted by molar-refractivity contribution is 5.24. The number of hydrogen-bond acceptors (Lipinski definition) is 3. The van der Waals surface area contributed by atoms with Gasteiger partial charge in [0.05, 0.1) is 12.7 Å². The summed E-state index contributed by atoms with van der Waals surface area (Å²) in [5.41, 5.74) is 0.190. The van der Waals surface area contributed by atoms with Crippen LogP contribution in [0, 0.1) is 11.8 Å². The van der Waals surface area contributed by atoms with Gasteiger partial charge in [0.25, 0.3) is 0 Å². The first-order valence-corrected chi connectivity index (χ1v) is 9.84. The van der Waals surface area contributed by atoms with Crippen LogP contribution < -0.4 is 5.32 Å². The van der Waals surface area contributed by atoms with Gasteiger partial charge < -0.3 is 15.2 Å². The SMILES string of the molecule is CC[C@@H](OC[C@](O)(c1ccccc1)C1CCCC1)C1CCNCC1. The first kappa shape index (κ1) is 17.9. The predicted octanol–water partition coefficient (Wildman–Crippen LogP) is 3.86. The lowest BCUT2D eigenvalue weighted by atomic mass is 9.80. The van der Waals surface area contributed by atoms with Gasteiger partial charge in [0.1, 0.15) is 5.60 Å². The summed E-state index contributed by atoms with van der Waals surface area (Å²) in [4.78, 5) is 0. The summed E-state index contributed by atoms with van der Waals surface area (Å²) in [5, 5.41) is 15.0. The summed E-state index contributed by atoms with van der Waals surface area (Å²) in [7, 11) is 0. The Hall–Kier alpha value is -0.900. The van der Waals surface area contributed by atoms with Gasteiger partial charge in [0.15, 0.2) is 0 Å². The molecule has 1 aliphatic heterocycles. The average molecular weight is 332 g/mol. The number of aliphatic hydroxyl groups is 1. The molecule has 0 unspecified atom stereocenters. The third kappa shape index (κ3) is 4.01. The van der Waals surface area contributed by atoms with Crippen LogP contribution in [0.25, 0.3) is 0 Å². The third-order valence-electron chi connectivity index (χ3n) is 6.13. The zero-order valence-electron chi connectivity index (χ0n) is 15.0. The summed E-state index contributed by atoms with van der Waals surface area (Å²) in [5.74, 6) is 0.949. The minimum absolute atomic E-state index is 0.267. The van der Waals surface area contributed by atoms with Crippen molar-refractivity contribution < 1.29 is 9.84 Å². The molecule has 1 aromatic carbocycles. The number of benzene rings is 1. The van der Waals surface area contributed by atoms with Crippen LogP contribution in [0.15, 0.2) is 30.3 Å². The largest absolute Gasteiger partial charge is 0.382 e. The van der Waals surface area contributed by atoms with Crippen molar-refractivity contribution in [2.24, 2.45) is 11.8 Å². The lowest BCUT2D eigenvalue weighted by Crippen LogP contribution is -2.42. The van der Waals surface area contributed by atoms with Crippen LogP contribution in [-0.2, 0) is 10.3 Å². The highest BCUT2D eigenvalue weighted by Gasteiger charge is 2.41. The molecule has 1 aromatic rings. The second-order valence-corrected chi connectivity index (χ2v) is 7.62. The number of ether oxygens (including phenoxy) is 1. The van der Waals surface area contributed by atoms with Crippen LogP contribution in [-0.4, -0.2) is 30.9 Å². The van der Waals surface area contributed by atoms with E-state index >= 15 is 0 Å². The number of nitrogens with one attached hydrogen (secondary N) is 1. The Bertz CT molecular complexity index is 480. The minimum atomic E-state index is -0.835. The molecular formula is C21H33NO2. The summed E-state index contributed by atoms with van der Waals surface area (Å²) in [6.45, 7) is 4.83. The Kier molecular flexibility index (Phi) is 6.31. The van der Waals surface area contributed by atoms with Gasteiger partial charge >= 0.3 is 0 Å². The van der Waals surface area contributed by atoms with E-state index in [1.54, 1.807) is 0 Å². The Morgan fingerprint density at radius 3 is 2.42 bits per heavy atom. The lowest BCUT2D eigenvalue weighted by molar-refractivity contribution is -0.122. The normalized spacial score (nSPS) is 23.9. The van der Waals surface area contributed by atoms with Crippen molar-refractivity contribution in [2.45, 2.75) is 63.6 Å². The molecule has 3 rings (SSSR count). The van der Waals surface area contributed by atoms with Crippen molar-refractivity contribution in [3.8, 4) is 0 Å². The van der Waals surface area contributed by atoms with Crippen LogP contribution in [0.4, 0.5) is 0 Å². The quantitative estimate of drug-likeness (QED) is 0.797. The van der Waals surface area contributed by atoms with Gasteiger partial charge in [-0.3, -0.25) is 0 Å². The van der Waals surface area contributed by atoms with E-state index < -0.39 is 5.60 Å². The maximum Gasteiger partial charge on any atom is 0.116 e. The Labute approximate surface area is 146 Å². The van der Waals surface area contributed by atoms with Crippen LogP contribution >= 0.6 is 0 Å². The third-order valence-corrected chi connectivity index (χ3v) is 6.13. The van der Waals surface area contributed by atoms with Gasteiger partial charge in [0.2, 0.25) is 0 Å².